The van der Waals surface area contributed by atoms with E-state index < -0.39 is 0 Å². The second-order valence-electron chi connectivity index (χ2n) is 5.21. The van der Waals surface area contributed by atoms with Crippen LogP contribution in [-0.4, -0.2) is 21.4 Å². The zero-order chi connectivity index (χ0) is 16.4. The maximum atomic E-state index is 12.1. The lowest BCUT2D eigenvalue weighted by Crippen LogP contribution is -2.14. The molecule has 3 aromatic rings. The second kappa shape index (κ2) is 6.72. The van der Waals surface area contributed by atoms with Crippen molar-refractivity contribution >= 4 is 39.2 Å². The Hall–Kier alpha value is -1.86. The average molecular weight is 347 g/mol. The summed E-state index contributed by atoms with van der Waals surface area (Å²) in [5.41, 5.74) is 3.04. The highest BCUT2D eigenvalue weighted by atomic mass is 32.2. The summed E-state index contributed by atoms with van der Waals surface area (Å²) in [7, 11) is 1.93. The number of carbonyl (C=O) groups is 1. The molecule has 5 nitrogen and oxygen atoms in total. The van der Waals surface area contributed by atoms with Crippen molar-refractivity contribution in [3.63, 3.8) is 0 Å². The van der Waals surface area contributed by atoms with E-state index in [4.69, 9.17) is 4.52 Å². The highest BCUT2D eigenvalue weighted by Crippen LogP contribution is 2.19. The van der Waals surface area contributed by atoms with Crippen molar-refractivity contribution in [2.75, 3.05) is 5.75 Å². The molecule has 0 spiro atoms. The molecule has 0 radical (unpaired) electrons. The Bertz CT molecular complexity index is 901. The van der Waals surface area contributed by atoms with E-state index >= 15 is 0 Å². The Morgan fingerprint density at radius 1 is 1.39 bits per heavy atom. The van der Waals surface area contributed by atoms with Crippen LogP contribution in [-0.2, 0) is 17.6 Å². The molecule has 1 amide bonds. The number of aromatic nitrogens is 2. The normalized spacial score (nSPS) is 12.2. The second-order valence-corrected chi connectivity index (χ2v) is 7.21. The number of aryl methyl sites for hydroxylation is 3. The monoisotopic (exact) mass is 347 g/mol. The summed E-state index contributed by atoms with van der Waals surface area (Å²) in [5.74, 6) is 1.75. The summed E-state index contributed by atoms with van der Waals surface area (Å²) in [6.07, 6.45) is 0. The summed E-state index contributed by atoms with van der Waals surface area (Å²) in [6, 6.07) is 8.04. The molecule has 2 aromatic heterocycles. The first-order valence-corrected chi connectivity index (χ1v) is 9.15. The highest BCUT2D eigenvalue weighted by molar-refractivity contribution is 7.99. The Labute approximate surface area is 142 Å². The van der Waals surface area contributed by atoms with Gasteiger partial charge in [0, 0.05) is 18.4 Å². The molecule has 1 aromatic carbocycles. The Morgan fingerprint density at radius 3 is 2.87 bits per heavy atom. The van der Waals surface area contributed by atoms with Gasteiger partial charge in [0.25, 0.3) is 5.91 Å². The first-order valence-electron chi connectivity index (χ1n) is 7.18. The minimum Gasteiger partial charge on any atom is -0.361 e. The molecule has 0 bridgehead atoms. The van der Waals surface area contributed by atoms with Crippen LogP contribution in [0.1, 0.15) is 17.0 Å². The molecule has 0 N–H and O–H groups in total. The van der Waals surface area contributed by atoms with Gasteiger partial charge in [0.05, 0.1) is 21.7 Å². The van der Waals surface area contributed by atoms with Gasteiger partial charge >= 0.3 is 0 Å². The summed E-state index contributed by atoms with van der Waals surface area (Å²) >= 11 is 3.06. The molecule has 0 atom stereocenters. The Morgan fingerprint density at radius 2 is 2.17 bits per heavy atom. The largest absolute Gasteiger partial charge is 0.361 e. The Kier molecular flexibility index (Phi) is 4.68. The van der Waals surface area contributed by atoms with Gasteiger partial charge in [0.1, 0.15) is 5.76 Å². The van der Waals surface area contributed by atoms with Gasteiger partial charge in [-0.1, -0.05) is 28.6 Å². The van der Waals surface area contributed by atoms with Crippen molar-refractivity contribution in [2.24, 2.45) is 12.0 Å². The number of hydrogen-bond acceptors (Lipinski definition) is 5. The summed E-state index contributed by atoms with van der Waals surface area (Å²) in [5, 5.41) is 3.92. The van der Waals surface area contributed by atoms with Gasteiger partial charge in [-0.3, -0.25) is 4.79 Å². The van der Waals surface area contributed by atoms with Crippen LogP contribution in [0.5, 0.6) is 0 Å². The van der Waals surface area contributed by atoms with E-state index in [0.29, 0.717) is 11.5 Å². The number of thioether (sulfide) groups is 1. The standard InChI is InChI=1S/C16H17N3O2S2/c1-10-12(11(2)21-18-10)8-22-9-15(20)17-16-19(3)13-6-4-5-7-14(13)23-16/h4-7H,8-9H2,1-3H3. The molecule has 2 heterocycles. The van der Waals surface area contributed by atoms with Crippen LogP contribution in [0.4, 0.5) is 0 Å². The average Bonchev–Trinajstić information content (AvgIpc) is 3.02. The van der Waals surface area contributed by atoms with E-state index in [0.717, 1.165) is 32.0 Å². The van der Waals surface area contributed by atoms with Crippen molar-refractivity contribution < 1.29 is 9.32 Å². The number of nitrogens with zero attached hydrogens (tertiary/aromatic N) is 3. The number of hydrogen-bond donors (Lipinski definition) is 0. The van der Waals surface area contributed by atoms with Crippen LogP contribution in [0.25, 0.3) is 10.2 Å². The van der Waals surface area contributed by atoms with Gasteiger partial charge in [-0.2, -0.15) is 4.99 Å². The van der Waals surface area contributed by atoms with Gasteiger partial charge in [-0.25, -0.2) is 0 Å². The fraction of sp³-hybridized carbons (Fsp3) is 0.312. The van der Waals surface area contributed by atoms with Gasteiger partial charge in [0.15, 0.2) is 4.80 Å². The molecule has 120 valence electrons. The van der Waals surface area contributed by atoms with E-state index in [1.807, 2.05) is 49.7 Å². The molecule has 3 rings (SSSR count). The third kappa shape index (κ3) is 3.40. The minimum absolute atomic E-state index is 0.121. The molecule has 0 saturated carbocycles. The number of rotatable bonds is 4. The van der Waals surface area contributed by atoms with Crippen molar-refractivity contribution in [3.8, 4) is 0 Å². The molecule has 0 saturated heterocycles. The third-order valence-corrected chi connectivity index (χ3v) is 5.65. The number of benzene rings is 1. The van der Waals surface area contributed by atoms with E-state index in [9.17, 15) is 4.79 Å². The van der Waals surface area contributed by atoms with Crippen molar-refractivity contribution in [1.82, 2.24) is 9.72 Å². The molecule has 0 aliphatic heterocycles. The van der Waals surface area contributed by atoms with Crippen molar-refractivity contribution in [3.05, 3.63) is 46.1 Å². The van der Waals surface area contributed by atoms with E-state index in [1.165, 1.54) is 23.1 Å². The molecule has 0 aliphatic rings. The molecule has 0 fully saturated rings. The van der Waals surface area contributed by atoms with Gasteiger partial charge in [0.2, 0.25) is 0 Å². The highest BCUT2D eigenvalue weighted by Gasteiger charge is 2.10. The van der Waals surface area contributed by atoms with Crippen LogP contribution >= 0.6 is 23.1 Å². The molecular weight excluding hydrogens is 330 g/mol. The van der Waals surface area contributed by atoms with Crippen LogP contribution in [0, 0.1) is 13.8 Å². The Balaban J connectivity index is 1.70. The molecular formula is C16H17N3O2S2. The molecule has 0 unspecified atom stereocenters. The maximum Gasteiger partial charge on any atom is 0.258 e. The summed E-state index contributed by atoms with van der Waals surface area (Å²) in [4.78, 5) is 17.1. The fourth-order valence-electron chi connectivity index (χ4n) is 2.28. The number of amides is 1. The number of carbonyl (C=O) groups excluding carboxylic acids is 1. The van der Waals surface area contributed by atoms with E-state index in [1.54, 1.807) is 0 Å². The van der Waals surface area contributed by atoms with E-state index in [2.05, 4.69) is 10.1 Å². The third-order valence-electron chi connectivity index (χ3n) is 3.59. The maximum absolute atomic E-state index is 12.1. The molecule has 23 heavy (non-hydrogen) atoms. The lowest BCUT2D eigenvalue weighted by Gasteiger charge is -1.98. The minimum atomic E-state index is -0.121. The van der Waals surface area contributed by atoms with Crippen molar-refractivity contribution in [1.29, 1.82) is 0 Å². The SMILES string of the molecule is Cc1noc(C)c1CSCC(=O)N=c1sc2ccccc2n1C. The zero-order valence-corrected chi connectivity index (χ0v) is 14.8. The predicted octanol–water partition coefficient (Wildman–Crippen LogP) is 3.21. The first-order chi connectivity index (χ1) is 11.1. The van der Waals surface area contributed by atoms with Gasteiger partial charge in [-0.05, 0) is 26.0 Å². The topological polar surface area (TPSA) is 60.4 Å². The van der Waals surface area contributed by atoms with Crippen LogP contribution in [0.2, 0.25) is 0 Å². The quantitative estimate of drug-likeness (QED) is 0.727. The number of thiazole rings is 1. The summed E-state index contributed by atoms with van der Waals surface area (Å²) < 4.78 is 8.21. The van der Waals surface area contributed by atoms with Gasteiger partial charge in [-0.15, -0.1) is 11.8 Å². The van der Waals surface area contributed by atoms with Crippen molar-refractivity contribution in [2.45, 2.75) is 19.6 Å². The number of fused-ring (bicyclic) bond motifs is 1. The lowest BCUT2D eigenvalue weighted by molar-refractivity contribution is -0.115. The summed E-state index contributed by atoms with van der Waals surface area (Å²) in [6.45, 7) is 3.80. The van der Waals surface area contributed by atoms with Gasteiger partial charge < -0.3 is 9.09 Å². The zero-order valence-electron chi connectivity index (χ0n) is 13.2. The van der Waals surface area contributed by atoms with E-state index in [-0.39, 0.29) is 5.91 Å². The lowest BCUT2D eigenvalue weighted by atomic mass is 10.2. The smallest absolute Gasteiger partial charge is 0.258 e. The predicted molar refractivity (Wildman–Crippen MR) is 93.5 cm³/mol. The molecule has 0 aliphatic carbocycles. The fourth-order valence-corrected chi connectivity index (χ4v) is 4.27. The first kappa shape index (κ1) is 16.0. The van der Waals surface area contributed by atoms with Crippen LogP contribution in [0.3, 0.4) is 0 Å². The van der Waals surface area contributed by atoms with Crippen LogP contribution in [0.15, 0.2) is 33.8 Å². The van der Waals surface area contributed by atoms with Crippen LogP contribution < -0.4 is 4.80 Å². The number of para-hydroxylation sites is 1. The molecule has 7 heteroatoms.